The van der Waals surface area contributed by atoms with Crippen LogP contribution in [-0.2, 0) is 0 Å². The molecule has 15 heavy (non-hydrogen) atoms. The fourth-order valence-electron chi connectivity index (χ4n) is 2.16. The molecular formula is C13H24N2. The van der Waals surface area contributed by atoms with Crippen molar-refractivity contribution in [1.29, 1.82) is 0 Å². The smallest absolute Gasteiger partial charge is 0.0216 e. The number of nitrogens with one attached hydrogen (secondary N) is 1. The lowest BCUT2D eigenvalue weighted by molar-refractivity contribution is 0.268. The summed E-state index contributed by atoms with van der Waals surface area (Å²) < 4.78 is 0. The van der Waals surface area contributed by atoms with Crippen molar-refractivity contribution in [2.75, 3.05) is 26.2 Å². The van der Waals surface area contributed by atoms with Crippen LogP contribution in [0.2, 0.25) is 0 Å². The van der Waals surface area contributed by atoms with E-state index in [4.69, 9.17) is 0 Å². The summed E-state index contributed by atoms with van der Waals surface area (Å²) in [5, 5.41) is 3.63. The standard InChI is InChI=1S/C13H24N2/c1-3-5-6-10-15-11-7-9-14-13(12-15)8-4-2/h13-14H,4,6-12H2,1-2H3. The average molecular weight is 208 g/mol. The van der Waals surface area contributed by atoms with Crippen LogP contribution < -0.4 is 5.32 Å². The third-order valence-corrected chi connectivity index (χ3v) is 2.93. The largest absolute Gasteiger partial charge is 0.313 e. The molecule has 2 heteroatoms. The highest BCUT2D eigenvalue weighted by Crippen LogP contribution is 2.05. The Hall–Kier alpha value is -0.520. The third-order valence-electron chi connectivity index (χ3n) is 2.93. The molecule has 86 valence electrons. The van der Waals surface area contributed by atoms with E-state index in [1.54, 1.807) is 0 Å². The Balaban J connectivity index is 2.30. The zero-order valence-corrected chi connectivity index (χ0v) is 10.2. The molecule has 0 aromatic carbocycles. The van der Waals surface area contributed by atoms with Gasteiger partial charge in [0.15, 0.2) is 0 Å². The van der Waals surface area contributed by atoms with Crippen molar-refractivity contribution in [2.24, 2.45) is 0 Å². The van der Waals surface area contributed by atoms with Crippen LogP contribution in [0, 0.1) is 11.8 Å². The molecule has 0 aromatic heterocycles. The minimum Gasteiger partial charge on any atom is -0.313 e. The van der Waals surface area contributed by atoms with Gasteiger partial charge in [0.05, 0.1) is 0 Å². The molecule has 1 saturated heterocycles. The van der Waals surface area contributed by atoms with Gasteiger partial charge in [0.25, 0.3) is 0 Å². The van der Waals surface area contributed by atoms with Gasteiger partial charge in [-0.2, -0.15) is 0 Å². The number of nitrogens with zero attached hydrogens (tertiary/aromatic N) is 1. The Morgan fingerprint density at radius 2 is 2.33 bits per heavy atom. The molecule has 1 fully saturated rings. The number of rotatable bonds is 4. The summed E-state index contributed by atoms with van der Waals surface area (Å²) >= 11 is 0. The monoisotopic (exact) mass is 208 g/mol. The second kappa shape index (κ2) is 7.73. The van der Waals surface area contributed by atoms with E-state index < -0.39 is 0 Å². The molecule has 1 aliphatic heterocycles. The summed E-state index contributed by atoms with van der Waals surface area (Å²) in [4.78, 5) is 2.56. The average Bonchev–Trinajstić information content (AvgIpc) is 2.45. The molecule has 1 aliphatic rings. The Morgan fingerprint density at radius 3 is 3.07 bits per heavy atom. The van der Waals surface area contributed by atoms with E-state index in [0.717, 1.165) is 13.0 Å². The lowest BCUT2D eigenvalue weighted by Crippen LogP contribution is -2.37. The van der Waals surface area contributed by atoms with E-state index in [1.165, 1.54) is 38.9 Å². The predicted octanol–water partition coefficient (Wildman–Crippen LogP) is 1.86. The number of hydrogen-bond acceptors (Lipinski definition) is 2. The first-order valence-electron chi connectivity index (χ1n) is 6.22. The van der Waals surface area contributed by atoms with Gasteiger partial charge in [0.1, 0.15) is 0 Å². The molecule has 0 bridgehead atoms. The molecule has 0 spiro atoms. The normalized spacial score (nSPS) is 22.9. The highest BCUT2D eigenvalue weighted by atomic mass is 15.2. The van der Waals surface area contributed by atoms with Gasteiger partial charge in [-0.25, -0.2) is 0 Å². The summed E-state index contributed by atoms with van der Waals surface area (Å²) in [6.45, 7) is 8.95. The summed E-state index contributed by atoms with van der Waals surface area (Å²) in [6.07, 6.45) is 4.88. The van der Waals surface area contributed by atoms with Gasteiger partial charge in [-0.3, -0.25) is 0 Å². The Bertz CT molecular complexity index is 214. The van der Waals surface area contributed by atoms with Crippen molar-refractivity contribution in [3.05, 3.63) is 0 Å². The second-order valence-electron chi connectivity index (χ2n) is 4.27. The van der Waals surface area contributed by atoms with Crippen LogP contribution in [-0.4, -0.2) is 37.1 Å². The Kier molecular flexibility index (Phi) is 6.47. The van der Waals surface area contributed by atoms with Gasteiger partial charge in [-0.15, -0.1) is 11.8 Å². The van der Waals surface area contributed by atoms with Gasteiger partial charge in [0, 0.05) is 25.6 Å². The van der Waals surface area contributed by atoms with Gasteiger partial charge in [0.2, 0.25) is 0 Å². The lowest BCUT2D eigenvalue weighted by atomic mass is 10.1. The molecule has 1 atom stereocenters. The molecule has 0 aromatic rings. The third kappa shape index (κ3) is 5.20. The molecular weight excluding hydrogens is 184 g/mol. The Labute approximate surface area is 94.4 Å². The lowest BCUT2D eigenvalue weighted by Gasteiger charge is -2.23. The van der Waals surface area contributed by atoms with Gasteiger partial charge in [-0.1, -0.05) is 13.3 Å². The van der Waals surface area contributed by atoms with E-state index in [9.17, 15) is 0 Å². The van der Waals surface area contributed by atoms with Crippen molar-refractivity contribution >= 4 is 0 Å². The summed E-state index contributed by atoms with van der Waals surface area (Å²) in [5.41, 5.74) is 0. The van der Waals surface area contributed by atoms with E-state index in [0.29, 0.717) is 6.04 Å². The molecule has 0 aliphatic carbocycles. The van der Waals surface area contributed by atoms with Crippen molar-refractivity contribution in [1.82, 2.24) is 10.2 Å². The molecule has 1 unspecified atom stereocenters. The van der Waals surface area contributed by atoms with Crippen LogP contribution in [0.5, 0.6) is 0 Å². The molecule has 0 radical (unpaired) electrons. The van der Waals surface area contributed by atoms with E-state index in [1.807, 2.05) is 6.92 Å². The first-order valence-corrected chi connectivity index (χ1v) is 6.22. The minimum absolute atomic E-state index is 0.701. The molecule has 1 heterocycles. The summed E-state index contributed by atoms with van der Waals surface area (Å²) in [5.74, 6) is 6.12. The fourth-order valence-corrected chi connectivity index (χ4v) is 2.16. The number of hydrogen-bond donors (Lipinski definition) is 1. The molecule has 2 nitrogen and oxygen atoms in total. The second-order valence-corrected chi connectivity index (χ2v) is 4.27. The highest BCUT2D eigenvalue weighted by molar-refractivity contribution is 4.95. The first-order chi connectivity index (χ1) is 7.36. The van der Waals surface area contributed by atoms with Gasteiger partial charge in [-0.05, 0) is 32.9 Å². The summed E-state index contributed by atoms with van der Waals surface area (Å²) in [7, 11) is 0. The summed E-state index contributed by atoms with van der Waals surface area (Å²) in [6, 6.07) is 0.701. The molecule has 0 saturated carbocycles. The van der Waals surface area contributed by atoms with Crippen LogP contribution in [0.1, 0.15) is 39.5 Å². The van der Waals surface area contributed by atoms with Crippen LogP contribution >= 0.6 is 0 Å². The molecule has 0 amide bonds. The van der Waals surface area contributed by atoms with Crippen LogP contribution in [0.15, 0.2) is 0 Å². The van der Waals surface area contributed by atoms with Crippen molar-refractivity contribution in [2.45, 2.75) is 45.6 Å². The van der Waals surface area contributed by atoms with E-state index in [-0.39, 0.29) is 0 Å². The van der Waals surface area contributed by atoms with Crippen LogP contribution in [0.4, 0.5) is 0 Å². The predicted molar refractivity (Wildman–Crippen MR) is 65.8 cm³/mol. The molecule has 1 N–H and O–H groups in total. The zero-order valence-electron chi connectivity index (χ0n) is 10.2. The maximum absolute atomic E-state index is 3.63. The van der Waals surface area contributed by atoms with Crippen molar-refractivity contribution in [3.8, 4) is 11.8 Å². The van der Waals surface area contributed by atoms with Crippen LogP contribution in [0.25, 0.3) is 0 Å². The topological polar surface area (TPSA) is 15.3 Å². The maximum Gasteiger partial charge on any atom is 0.0216 e. The van der Waals surface area contributed by atoms with E-state index in [2.05, 4.69) is 29.0 Å². The zero-order chi connectivity index (χ0) is 10.9. The van der Waals surface area contributed by atoms with Gasteiger partial charge < -0.3 is 10.2 Å². The quantitative estimate of drug-likeness (QED) is 0.710. The minimum atomic E-state index is 0.701. The fraction of sp³-hybridized carbons (Fsp3) is 0.846. The first kappa shape index (κ1) is 12.5. The molecule has 1 rings (SSSR count). The van der Waals surface area contributed by atoms with Crippen LogP contribution in [0.3, 0.4) is 0 Å². The van der Waals surface area contributed by atoms with E-state index >= 15 is 0 Å². The maximum atomic E-state index is 3.63. The SMILES string of the molecule is CC#CCCN1CCCNC(CCC)C1. The Morgan fingerprint density at radius 1 is 1.47 bits per heavy atom. The van der Waals surface area contributed by atoms with Crippen molar-refractivity contribution < 1.29 is 0 Å². The van der Waals surface area contributed by atoms with Gasteiger partial charge >= 0.3 is 0 Å². The van der Waals surface area contributed by atoms with Crippen molar-refractivity contribution in [3.63, 3.8) is 0 Å². The highest BCUT2D eigenvalue weighted by Gasteiger charge is 2.15.